The van der Waals surface area contributed by atoms with Crippen LogP contribution in [-0.2, 0) is 0 Å². The van der Waals surface area contributed by atoms with Crippen LogP contribution in [0.4, 0.5) is 0 Å². The predicted octanol–water partition coefficient (Wildman–Crippen LogP) is 3.47. The first kappa shape index (κ1) is 18.0. The number of aryl methyl sites for hydroxylation is 2. The van der Waals surface area contributed by atoms with E-state index >= 15 is 0 Å². The normalized spacial score (nSPS) is 20.9. The number of aromatic nitrogens is 2. The Morgan fingerprint density at radius 2 is 1.89 bits per heavy atom. The van der Waals surface area contributed by atoms with Gasteiger partial charge in [-0.3, -0.25) is 9.88 Å². The summed E-state index contributed by atoms with van der Waals surface area (Å²) in [6, 6.07) is 8.23. The molecule has 2 atom stereocenters. The number of fused-ring (bicyclic) bond motifs is 1. The second-order valence-corrected chi connectivity index (χ2v) is 7.37. The van der Waals surface area contributed by atoms with Crippen LogP contribution in [0.3, 0.4) is 0 Å². The Balaban J connectivity index is 1.44. The first-order valence-electron chi connectivity index (χ1n) is 9.71. The van der Waals surface area contributed by atoms with Crippen molar-refractivity contribution in [2.24, 2.45) is 0 Å². The Bertz CT molecular complexity index is 791. The van der Waals surface area contributed by atoms with Gasteiger partial charge in [0.05, 0.1) is 5.69 Å². The Morgan fingerprint density at radius 3 is 2.70 bits per heavy atom. The van der Waals surface area contributed by atoms with E-state index in [1.165, 1.54) is 0 Å². The second-order valence-electron chi connectivity index (χ2n) is 7.37. The average molecular weight is 369 g/mol. The largest absolute Gasteiger partial charge is 0.489 e. The van der Waals surface area contributed by atoms with Crippen LogP contribution in [0.5, 0.6) is 17.4 Å². The van der Waals surface area contributed by atoms with Crippen molar-refractivity contribution in [2.75, 3.05) is 26.3 Å². The fraction of sp³-hybridized carbons (Fsp3) is 0.524. The van der Waals surface area contributed by atoms with Gasteiger partial charge in [0.15, 0.2) is 5.75 Å². The molecule has 0 spiro atoms. The molecule has 6 heteroatoms. The van der Waals surface area contributed by atoms with Crippen molar-refractivity contribution >= 4 is 0 Å². The van der Waals surface area contributed by atoms with E-state index in [0.29, 0.717) is 19.1 Å². The fourth-order valence-electron chi connectivity index (χ4n) is 3.84. The molecule has 2 aliphatic heterocycles. The van der Waals surface area contributed by atoms with Gasteiger partial charge < -0.3 is 14.2 Å². The minimum Gasteiger partial charge on any atom is -0.489 e. The molecule has 2 unspecified atom stereocenters. The molecule has 2 aromatic rings. The van der Waals surface area contributed by atoms with Crippen LogP contribution in [0.2, 0.25) is 0 Å². The molecule has 0 saturated carbocycles. The van der Waals surface area contributed by atoms with Crippen LogP contribution < -0.4 is 14.2 Å². The van der Waals surface area contributed by atoms with E-state index in [2.05, 4.69) is 21.8 Å². The Morgan fingerprint density at radius 1 is 1.11 bits per heavy atom. The molecule has 6 nitrogen and oxygen atoms in total. The van der Waals surface area contributed by atoms with Gasteiger partial charge in [0, 0.05) is 36.1 Å². The van der Waals surface area contributed by atoms with Gasteiger partial charge in [-0.15, -0.1) is 0 Å². The third-order valence-electron chi connectivity index (χ3n) is 5.17. The summed E-state index contributed by atoms with van der Waals surface area (Å²) in [4.78, 5) is 11.5. The van der Waals surface area contributed by atoms with E-state index < -0.39 is 0 Å². The molecular formula is C21H27N3O3. The van der Waals surface area contributed by atoms with Crippen molar-refractivity contribution in [2.45, 2.75) is 45.8 Å². The van der Waals surface area contributed by atoms with Crippen molar-refractivity contribution in [3.63, 3.8) is 0 Å². The lowest BCUT2D eigenvalue weighted by molar-refractivity contribution is 0.0641. The maximum atomic E-state index is 6.28. The number of pyridine rings is 2. The molecule has 4 heterocycles. The van der Waals surface area contributed by atoms with Gasteiger partial charge in [0.1, 0.15) is 25.1 Å². The minimum atomic E-state index is 0.180. The van der Waals surface area contributed by atoms with E-state index in [1.54, 1.807) is 0 Å². The first-order chi connectivity index (χ1) is 13.1. The Kier molecular flexibility index (Phi) is 5.16. The number of rotatable bonds is 4. The highest BCUT2D eigenvalue weighted by Crippen LogP contribution is 2.32. The van der Waals surface area contributed by atoms with Gasteiger partial charge in [-0.05, 0) is 52.3 Å². The number of ether oxygens (including phenoxy) is 3. The highest BCUT2D eigenvalue weighted by Gasteiger charge is 2.27. The summed E-state index contributed by atoms with van der Waals surface area (Å²) in [5.74, 6) is 2.26. The molecule has 27 heavy (non-hydrogen) atoms. The number of piperidine rings is 1. The SMILES string of the molecule is Cc1cc(OC2CCCN(C(C)c3ccc4c(n3)OCCO4)C2)cc(C)n1. The summed E-state index contributed by atoms with van der Waals surface area (Å²) in [5.41, 5.74) is 2.99. The molecule has 0 amide bonds. The molecule has 2 aliphatic rings. The second kappa shape index (κ2) is 7.72. The van der Waals surface area contributed by atoms with E-state index in [4.69, 9.17) is 14.2 Å². The highest BCUT2D eigenvalue weighted by molar-refractivity contribution is 5.36. The fourth-order valence-corrected chi connectivity index (χ4v) is 3.84. The zero-order chi connectivity index (χ0) is 18.8. The van der Waals surface area contributed by atoms with Crippen LogP contribution in [0.25, 0.3) is 0 Å². The number of nitrogens with zero attached hydrogens (tertiary/aromatic N) is 3. The number of likely N-dealkylation sites (tertiary alicyclic amines) is 1. The standard InChI is InChI=1S/C21H27N3O3/c1-14-11-18(12-15(2)22-14)27-17-5-4-8-24(13-17)16(3)19-6-7-20-21(23-19)26-10-9-25-20/h6-7,11-12,16-17H,4-5,8-10,13H2,1-3H3. The van der Waals surface area contributed by atoms with Gasteiger partial charge in [-0.2, -0.15) is 0 Å². The lowest BCUT2D eigenvalue weighted by atomic mass is 10.0. The number of hydrogen-bond donors (Lipinski definition) is 0. The molecule has 4 rings (SSSR count). The summed E-state index contributed by atoms with van der Waals surface area (Å²) in [5, 5.41) is 0. The van der Waals surface area contributed by atoms with Gasteiger partial charge >= 0.3 is 0 Å². The summed E-state index contributed by atoms with van der Waals surface area (Å²) < 4.78 is 17.5. The van der Waals surface area contributed by atoms with Gasteiger partial charge in [-0.1, -0.05) is 0 Å². The lowest BCUT2D eigenvalue weighted by Gasteiger charge is -2.36. The van der Waals surface area contributed by atoms with Crippen molar-refractivity contribution in [1.29, 1.82) is 0 Å². The van der Waals surface area contributed by atoms with Crippen molar-refractivity contribution < 1.29 is 14.2 Å². The van der Waals surface area contributed by atoms with Crippen LogP contribution >= 0.6 is 0 Å². The third kappa shape index (κ3) is 4.16. The molecule has 0 bridgehead atoms. The smallest absolute Gasteiger partial charge is 0.257 e. The molecule has 144 valence electrons. The first-order valence-corrected chi connectivity index (χ1v) is 9.71. The summed E-state index contributed by atoms with van der Waals surface area (Å²) >= 11 is 0. The van der Waals surface area contributed by atoms with Crippen LogP contribution in [0, 0.1) is 13.8 Å². The predicted molar refractivity (Wildman–Crippen MR) is 103 cm³/mol. The zero-order valence-corrected chi connectivity index (χ0v) is 16.3. The van der Waals surface area contributed by atoms with Crippen molar-refractivity contribution in [3.05, 3.63) is 41.3 Å². The monoisotopic (exact) mass is 369 g/mol. The van der Waals surface area contributed by atoms with E-state index in [9.17, 15) is 0 Å². The maximum absolute atomic E-state index is 6.28. The van der Waals surface area contributed by atoms with Crippen LogP contribution in [0.1, 0.15) is 42.9 Å². The van der Waals surface area contributed by atoms with Crippen LogP contribution in [-0.4, -0.2) is 47.3 Å². The molecule has 1 fully saturated rings. The van der Waals surface area contributed by atoms with Gasteiger partial charge in [0.2, 0.25) is 0 Å². The number of hydrogen-bond acceptors (Lipinski definition) is 6. The zero-order valence-electron chi connectivity index (χ0n) is 16.3. The quantitative estimate of drug-likeness (QED) is 0.823. The summed E-state index contributed by atoms with van der Waals surface area (Å²) in [7, 11) is 0. The summed E-state index contributed by atoms with van der Waals surface area (Å²) in [6.45, 7) is 9.28. The highest BCUT2D eigenvalue weighted by atomic mass is 16.6. The van der Waals surface area contributed by atoms with Gasteiger partial charge in [-0.25, -0.2) is 4.98 Å². The lowest BCUT2D eigenvalue weighted by Crippen LogP contribution is -2.42. The molecule has 0 N–H and O–H groups in total. The topological polar surface area (TPSA) is 56.7 Å². The summed E-state index contributed by atoms with van der Waals surface area (Å²) in [6.07, 6.45) is 2.36. The van der Waals surface area contributed by atoms with E-state index in [0.717, 1.165) is 54.5 Å². The molecular weight excluding hydrogens is 342 g/mol. The molecule has 2 aromatic heterocycles. The Labute approximate surface area is 160 Å². The van der Waals surface area contributed by atoms with Crippen molar-refractivity contribution in [3.8, 4) is 17.4 Å². The van der Waals surface area contributed by atoms with Crippen molar-refractivity contribution in [1.82, 2.24) is 14.9 Å². The molecule has 1 saturated heterocycles. The molecule has 0 aliphatic carbocycles. The molecule has 0 aromatic carbocycles. The maximum Gasteiger partial charge on any atom is 0.257 e. The van der Waals surface area contributed by atoms with E-state index in [-0.39, 0.29) is 12.1 Å². The minimum absolute atomic E-state index is 0.180. The molecule has 0 radical (unpaired) electrons. The Hall–Kier alpha value is -2.34. The average Bonchev–Trinajstić information content (AvgIpc) is 2.66. The van der Waals surface area contributed by atoms with Crippen LogP contribution in [0.15, 0.2) is 24.3 Å². The van der Waals surface area contributed by atoms with Gasteiger partial charge in [0.25, 0.3) is 5.88 Å². The van der Waals surface area contributed by atoms with E-state index in [1.807, 2.05) is 38.1 Å². The third-order valence-corrected chi connectivity index (χ3v) is 5.17.